The summed E-state index contributed by atoms with van der Waals surface area (Å²) in [7, 11) is 0. The van der Waals surface area contributed by atoms with Crippen molar-refractivity contribution in [2.75, 3.05) is 13.2 Å². The lowest BCUT2D eigenvalue weighted by molar-refractivity contribution is 0.300. The van der Waals surface area contributed by atoms with Gasteiger partial charge in [-0.15, -0.1) is 0 Å². The van der Waals surface area contributed by atoms with Gasteiger partial charge in [0.15, 0.2) is 0 Å². The van der Waals surface area contributed by atoms with Gasteiger partial charge in [-0.2, -0.15) is 0 Å². The summed E-state index contributed by atoms with van der Waals surface area (Å²) >= 11 is 0. The molecule has 1 aromatic rings. The molecule has 1 rings (SSSR count). The Morgan fingerprint density at radius 3 is 2.47 bits per heavy atom. The van der Waals surface area contributed by atoms with Gasteiger partial charge >= 0.3 is 0 Å². The highest BCUT2D eigenvalue weighted by molar-refractivity contribution is 5.33. The zero-order chi connectivity index (χ0) is 14.1. The molecule has 0 fully saturated rings. The van der Waals surface area contributed by atoms with Gasteiger partial charge in [0.25, 0.3) is 0 Å². The first-order valence-electron chi connectivity index (χ1n) is 7.48. The number of ether oxygens (including phenoxy) is 1. The molecule has 0 aliphatic rings. The molecule has 0 amide bonds. The van der Waals surface area contributed by atoms with Crippen LogP contribution in [-0.4, -0.2) is 18.7 Å². The molecule has 1 N–H and O–H groups in total. The van der Waals surface area contributed by atoms with Crippen molar-refractivity contribution in [3.05, 3.63) is 29.8 Å². The van der Waals surface area contributed by atoms with Gasteiger partial charge < -0.3 is 10.1 Å². The Bertz CT molecular complexity index is 355. The first-order valence-corrected chi connectivity index (χ1v) is 7.48. The Labute approximate surface area is 118 Å². The highest BCUT2D eigenvalue weighted by Gasteiger charge is 2.06. The fourth-order valence-corrected chi connectivity index (χ4v) is 1.99. The summed E-state index contributed by atoms with van der Waals surface area (Å²) in [6, 6.07) is 8.33. The summed E-state index contributed by atoms with van der Waals surface area (Å²) in [6.07, 6.45) is 4.60. The van der Waals surface area contributed by atoms with Crippen molar-refractivity contribution in [3.8, 4) is 5.75 Å². The van der Waals surface area contributed by atoms with Gasteiger partial charge in [-0.3, -0.25) is 0 Å². The lowest BCUT2D eigenvalue weighted by atomic mass is 10.1. The van der Waals surface area contributed by atoms with E-state index in [2.05, 4.69) is 51.2 Å². The standard InChI is InChI=1S/C17H29NO/c1-5-15-11-7-8-12-16(15)19-14-10-6-9-13-18-17(2,3)4/h7-8,11-12,18H,5-6,9-10,13-14H2,1-4H3. The van der Waals surface area contributed by atoms with E-state index in [9.17, 15) is 0 Å². The summed E-state index contributed by atoms with van der Waals surface area (Å²) in [6.45, 7) is 10.7. The zero-order valence-electron chi connectivity index (χ0n) is 13.0. The second-order valence-corrected chi connectivity index (χ2v) is 6.05. The van der Waals surface area contributed by atoms with Gasteiger partial charge in [-0.1, -0.05) is 25.1 Å². The zero-order valence-corrected chi connectivity index (χ0v) is 13.0. The number of aryl methyl sites for hydroxylation is 1. The molecule has 0 atom stereocenters. The molecule has 0 radical (unpaired) electrons. The van der Waals surface area contributed by atoms with Crippen LogP contribution in [0, 0.1) is 0 Å². The van der Waals surface area contributed by atoms with E-state index < -0.39 is 0 Å². The van der Waals surface area contributed by atoms with Crippen molar-refractivity contribution in [3.63, 3.8) is 0 Å². The molecule has 2 heteroatoms. The number of unbranched alkanes of at least 4 members (excludes halogenated alkanes) is 2. The lowest BCUT2D eigenvalue weighted by Gasteiger charge is -2.20. The maximum absolute atomic E-state index is 5.86. The third kappa shape index (κ3) is 7.22. The van der Waals surface area contributed by atoms with Crippen LogP contribution in [0.3, 0.4) is 0 Å². The maximum Gasteiger partial charge on any atom is 0.122 e. The second kappa shape index (κ2) is 8.21. The van der Waals surface area contributed by atoms with Gasteiger partial charge in [-0.25, -0.2) is 0 Å². The third-order valence-electron chi connectivity index (χ3n) is 3.09. The molecule has 0 heterocycles. The smallest absolute Gasteiger partial charge is 0.122 e. The normalized spacial score (nSPS) is 11.6. The molecule has 0 bridgehead atoms. The third-order valence-corrected chi connectivity index (χ3v) is 3.09. The summed E-state index contributed by atoms with van der Waals surface area (Å²) in [5.74, 6) is 1.05. The first kappa shape index (κ1) is 16.0. The lowest BCUT2D eigenvalue weighted by Crippen LogP contribution is -2.36. The van der Waals surface area contributed by atoms with Crippen LogP contribution in [0.2, 0.25) is 0 Å². The van der Waals surface area contributed by atoms with Gasteiger partial charge in [0.2, 0.25) is 0 Å². The summed E-state index contributed by atoms with van der Waals surface area (Å²) in [5.41, 5.74) is 1.54. The highest BCUT2D eigenvalue weighted by atomic mass is 16.5. The number of para-hydroxylation sites is 1. The number of nitrogens with one attached hydrogen (secondary N) is 1. The second-order valence-electron chi connectivity index (χ2n) is 6.05. The Morgan fingerprint density at radius 2 is 1.79 bits per heavy atom. The maximum atomic E-state index is 5.86. The van der Waals surface area contributed by atoms with Crippen molar-refractivity contribution in [2.45, 2.75) is 58.9 Å². The van der Waals surface area contributed by atoms with Gasteiger partial charge in [0, 0.05) is 5.54 Å². The number of rotatable bonds is 8. The topological polar surface area (TPSA) is 21.3 Å². The SMILES string of the molecule is CCc1ccccc1OCCCCCNC(C)(C)C. The van der Waals surface area contributed by atoms with Crippen LogP contribution in [0.15, 0.2) is 24.3 Å². The Balaban J connectivity index is 2.11. The van der Waals surface area contributed by atoms with Crippen LogP contribution in [0.5, 0.6) is 5.75 Å². The van der Waals surface area contributed by atoms with Crippen LogP contribution in [-0.2, 0) is 6.42 Å². The van der Waals surface area contributed by atoms with E-state index in [1.165, 1.54) is 18.4 Å². The fourth-order valence-electron chi connectivity index (χ4n) is 1.99. The van der Waals surface area contributed by atoms with Crippen molar-refractivity contribution < 1.29 is 4.74 Å². The largest absolute Gasteiger partial charge is 0.493 e. The molecular formula is C17H29NO. The summed E-state index contributed by atoms with van der Waals surface area (Å²) < 4.78 is 5.86. The van der Waals surface area contributed by atoms with E-state index in [-0.39, 0.29) is 5.54 Å². The molecule has 0 saturated heterocycles. The van der Waals surface area contributed by atoms with Crippen LogP contribution in [0.1, 0.15) is 52.5 Å². The van der Waals surface area contributed by atoms with Crippen molar-refractivity contribution >= 4 is 0 Å². The molecule has 2 nitrogen and oxygen atoms in total. The summed E-state index contributed by atoms with van der Waals surface area (Å²) in [5, 5.41) is 3.51. The van der Waals surface area contributed by atoms with E-state index >= 15 is 0 Å². The Morgan fingerprint density at radius 1 is 1.05 bits per heavy atom. The Kier molecular flexibility index (Phi) is 6.93. The predicted molar refractivity (Wildman–Crippen MR) is 82.9 cm³/mol. The average molecular weight is 263 g/mol. The van der Waals surface area contributed by atoms with E-state index in [1.807, 2.05) is 6.07 Å². The van der Waals surface area contributed by atoms with Crippen molar-refractivity contribution in [2.24, 2.45) is 0 Å². The van der Waals surface area contributed by atoms with Crippen molar-refractivity contribution in [1.82, 2.24) is 5.32 Å². The monoisotopic (exact) mass is 263 g/mol. The molecule has 0 aliphatic heterocycles. The quantitative estimate of drug-likeness (QED) is 0.710. The minimum Gasteiger partial charge on any atom is -0.493 e. The fraction of sp³-hybridized carbons (Fsp3) is 0.647. The molecule has 0 unspecified atom stereocenters. The van der Waals surface area contributed by atoms with E-state index in [4.69, 9.17) is 4.74 Å². The Hall–Kier alpha value is -1.02. The summed E-state index contributed by atoms with van der Waals surface area (Å²) in [4.78, 5) is 0. The molecule has 0 aromatic heterocycles. The van der Waals surface area contributed by atoms with Gasteiger partial charge in [-0.05, 0) is 64.6 Å². The molecule has 1 aromatic carbocycles. The van der Waals surface area contributed by atoms with Crippen LogP contribution < -0.4 is 10.1 Å². The van der Waals surface area contributed by atoms with E-state index in [1.54, 1.807) is 0 Å². The number of hydrogen-bond acceptors (Lipinski definition) is 2. The number of hydrogen-bond donors (Lipinski definition) is 1. The number of benzene rings is 1. The van der Waals surface area contributed by atoms with Crippen LogP contribution in [0.25, 0.3) is 0 Å². The van der Waals surface area contributed by atoms with Gasteiger partial charge in [0.1, 0.15) is 5.75 Å². The van der Waals surface area contributed by atoms with Gasteiger partial charge in [0.05, 0.1) is 6.61 Å². The average Bonchev–Trinajstić information content (AvgIpc) is 2.37. The molecule has 108 valence electrons. The molecule has 0 aliphatic carbocycles. The van der Waals surface area contributed by atoms with Crippen LogP contribution >= 0.6 is 0 Å². The molecule has 0 saturated carbocycles. The van der Waals surface area contributed by atoms with Crippen LogP contribution in [0.4, 0.5) is 0 Å². The minimum absolute atomic E-state index is 0.233. The highest BCUT2D eigenvalue weighted by Crippen LogP contribution is 2.18. The molecule has 19 heavy (non-hydrogen) atoms. The minimum atomic E-state index is 0.233. The molecule has 0 spiro atoms. The predicted octanol–water partition coefficient (Wildman–Crippen LogP) is 4.19. The van der Waals surface area contributed by atoms with Crippen molar-refractivity contribution in [1.29, 1.82) is 0 Å². The first-order chi connectivity index (χ1) is 9.03. The molecular weight excluding hydrogens is 234 g/mol. The van der Waals surface area contributed by atoms with E-state index in [0.717, 1.165) is 31.7 Å². The van der Waals surface area contributed by atoms with E-state index in [0.29, 0.717) is 0 Å².